The summed E-state index contributed by atoms with van der Waals surface area (Å²) in [7, 11) is -2.27. The van der Waals surface area contributed by atoms with Crippen LogP contribution in [0.5, 0.6) is 0 Å². The molecule has 0 saturated heterocycles. The van der Waals surface area contributed by atoms with Gasteiger partial charge in [0.2, 0.25) is 0 Å². The van der Waals surface area contributed by atoms with Crippen LogP contribution >= 0.6 is 0 Å². The quantitative estimate of drug-likeness (QED) is 0.769. The van der Waals surface area contributed by atoms with Crippen molar-refractivity contribution in [2.24, 2.45) is 7.05 Å². The number of aromatic nitrogens is 4. The number of aryl methyl sites for hydroxylation is 1. The maximum Gasteiger partial charge on any atom is 0.282 e. The second-order valence-corrected chi connectivity index (χ2v) is 4.84. The molecule has 0 bridgehead atoms. The Morgan fingerprint density at radius 1 is 1.35 bits per heavy atom. The molecule has 2 aromatic heterocycles. The molecule has 0 spiro atoms. The van der Waals surface area contributed by atoms with Gasteiger partial charge >= 0.3 is 0 Å². The maximum absolute atomic E-state index is 12.0. The van der Waals surface area contributed by atoms with E-state index in [1.54, 1.807) is 0 Å². The highest BCUT2D eigenvalue weighted by Crippen LogP contribution is 2.17. The molecule has 3 N–H and O–H groups in total. The van der Waals surface area contributed by atoms with E-state index in [-0.39, 0.29) is 16.7 Å². The molecule has 2 aromatic rings. The number of sulfonamides is 1. The first-order chi connectivity index (χ1) is 8.00. The van der Waals surface area contributed by atoms with Gasteiger partial charge in [0.25, 0.3) is 10.0 Å². The Bertz CT molecular complexity index is 601. The van der Waals surface area contributed by atoms with Crippen molar-refractivity contribution < 1.29 is 8.42 Å². The van der Waals surface area contributed by atoms with Crippen LogP contribution in [0.3, 0.4) is 0 Å². The highest BCUT2D eigenvalue weighted by molar-refractivity contribution is 7.92. The normalized spacial score (nSPS) is 11.4. The zero-order chi connectivity index (χ0) is 12.5. The number of nitrogens with two attached hydrogens (primary N) is 1. The van der Waals surface area contributed by atoms with Gasteiger partial charge in [0, 0.05) is 19.4 Å². The molecule has 0 unspecified atom stereocenters. The molecule has 0 amide bonds. The van der Waals surface area contributed by atoms with Gasteiger partial charge in [-0.2, -0.15) is 8.42 Å². The maximum atomic E-state index is 12.0. The van der Waals surface area contributed by atoms with E-state index in [4.69, 9.17) is 5.73 Å². The lowest BCUT2D eigenvalue weighted by molar-refractivity contribution is 0.591. The number of rotatable bonds is 3. The molecule has 9 heteroatoms. The van der Waals surface area contributed by atoms with Gasteiger partial charge in [-0.15, -0.1) is 0 Å². The SMILES string of the molecule is Cn1cnc(N)c1S(=O)(=O)Nc1cnccn1. The number of nitrogens with one attached hydrogen (secondary N) is 1. The first-order valence-electron chi connectivity index (χ1n) is 4.56. The highest BCUT2D eigenvalue weighted by Gasteiger charge is 2.22. The van der Waals surface area contributed by atoms with Crippen molar-refractivity contribution in [3.8, 4) is 0 Å². The highest BCUT2D eigenvalue weighted by atomic mass is 32.2. The summed E-state index contributed by atoms with van der Waals surface area (Å²) in [6.07, 6.45) is 5.44. The lowest BCUT2D eigenvalue weighted by Gasteiger charge is -2.07. The summed E-state index contributed by atoms with van der Waals surface area (Å²) in [5.41, 5.74) is 5.49. The Hall–Kier alpha value is -2.16. The minimum absolute atomic E-state index is 0.0658. The fourth-order valence-electron chi connectivity index (χ4n) is 1.30. The number of hydrogen-bond donors (Lipinski definition) is 2. The smallest absolute Gasteiger partial charge is 0.282 e. The molecule has 0 fully saturated rings. The molecule has 0 aromatic carbocycles. The van der Waals surface area contributed by atoms with Crippen molar-refractivity contribution in [2.75, 3.05) is 10.5 Å². The summed E-state index contributed by atoms with van der Waals surface area (Å²) < 4.78 is 27.5. The van der Waals surface area contributed by atoms with E-state index in [0.29, 0.717) is 0 Å². The minimum atomic E-state index is -3.81. The fourth-order valence-corrected chi connectivity index (χ4v) is 2.53. The molecule has 2 rings (SSSR count). The number of hydrogen-bond acceptors (Lipinski definition) is 6. The third kappa shape index (κ3) is 2.18. The van der Waals surface area contributed by atoms with E-state index < -0.39 is 10.0 Å². The van der Waals surface area contributed by atoms with Crippen LogP contribution in [-0.4, -0.2) is 27.9 Å². The van der Waals surface area contributed by atoms with Crippen LogP contribution in [0.25, 0.3) is 0 Å². The van der Waals surface area contributed by atoms with Crippen molar-refractivity contribution in [2.45, 2.75) is 5.03 Å². The van der Waals surface area contributed by atoms with E-state index in [2.05, 4.69) is 19.7 Å². The molecule has 90 valence electrons. The molecular formula is C8H10N6O2S. The van der Waals surface area contributed by atoms with Crippen molar-refractivity contribution in [1.82, 2.24) is 19.5 Å². The first-order valence-corrected chi connectivity index (χ1v) is 6.04. The van der Waals surface area contributed by atoms with E-state index >= 15 is 0 Å². The predicted octanol–water partition coefficient (Wildman–Crippen LogP) is -0.407. The Morgan fingerprint density at radius 3 is 2.65 bits per heavy atom. The first kappa shape index (κ1) is 11.3. The van der Waals surface area contributed by atoms with Crippen LogP contribution < -0.4 is 10.5 Å². The van der Waals surface area contributed by atoms with Gasteiger partial charge in [0.05, 0.1) is 12.5 Å². The van der Waals surface area contributed by atoms with Crippen molar-refractivity contribution in [3.63, 3.8) is 0 Å². The minimum Gasteiger partial charge on any atom is -0.381 e. The van der Waals surface area contributed by atoms with Crippen LogP contribution in [0.4, 0.5) is 11.6 Å². The van der Waals surface area contributed by atoms with Gasteiger partial charge in [0.1, 0.15) is 0 Å². The number of anilines is 2. The average molecular weight is 254 g/mol. The summed E-state index contributed by atoms with van der Waals surface area (Å²) in [5, 5.41) is -0.108. The Kier molecular flexibility index (Phi) is 2.68. The van der Waals surface area contributed by atoms with Crippen LogP contribution in [0.1, 0.15) is 0 Å². The van der Waals surface area contributed by atoms with Gasteiger partial charge in [-0.3, -0.25) is 9.71 Å². The van der Waals surface area contributed by atoms with Gasteiger partial charge in [0.15, 0.2) is 16.7 Å². The molecule has 0 atom stereocenters. The summed E-state index contributed by atoms with van der Waals surface area (Å²) in [6, 6.07) is 0. The summed E-state index contributed by atoms with van der Waals surface area (Å²) in [5.74, 6) is 0.0528. The van der Waals surface area contributed by atoms with Gasteiger partial charge in [-0.25, -0.2) is 9.97 Å². The second kappa shape index (κ2) is 4.01. The molecule has 0 aliphatic rings. The lowest BCUT2D eigenvalue weighted by atomic mass is 10.7. The molecule has 17 heavy (non-hydrogen) atoms. The fraction of sp³-hybridized carbons (Fsp3) is 0.125. The Morgan fingerprint density at radius 2 is 2.12 bits per heavy atom. The number of nitrogens with zero attached hydrogens (tertiary/aromatic N) is 4. The number of nitrogen functional groups attached to an aromatic ring is 1. The van der Waals surface area contributed by atoms with Crippen LogP contribution in [0.15, 0.2) is 29.9 Å². The zero-order valence-electron chi connectivity index (χ0n) is 8.90. The zero-order valence-corrected chi connectivity index (χ0v) is 9.72. The monoisotopic (exact) mass is 254 g/mol. The Balaban J connectivity index is 2.39. The van der Waals surface area contributed by atoms with Crippen molar-refractivity contribution in [1.29, 1.82) is 0 Å². The molecule has 2 heterocycles. The van der Waals surface area contributed by atoms with Crippen LogP contribution in [0, 0.1) is 0 Å². The molecule has 0 saturated carbocycles. The molecule has 0 aliphatic carbocycles. The average Bonchev–Trinajstić information content (AvgIpc) is 2.59. The lowest BCUT2D eigenvalue weighted by Crippen LogP contribution is -2.18. The summed E-state index contributed by atoms with van der Waals surface area (Å²) in [6.45, 7) is 0. The van der Waals surface area contributed by atoms with Crippen molar-refractivity contribution >= 4 is 21.7 Å². The third-order valence-corrected chi connectivity index (χ3v) is 3.45. The second-order valence-electron chi connectivity index (χ2n) is 3.24. The van der Waals surface area contributed by atoms with E-state index in [1.807, 2.05) is 0 Å². The molecular weight excluding hydrogens is 244 g/mol. The van der Waals surface area contributed by atoms with Crippen LogP contribution in [0.2, 0.25) is 0 Å². The molecule has 0 aliphatic heterocycles. The standard InChI is InChI=1S/C8H10N6O2S/c1-14-5-12-7(9)8(14)17(15,16)13-6-4-10-2-3-11-6/h2-5H,9H2,1H3,(H,11,13). The van der Waals surface area contributed by atoms with Gasteiger partial charge < -0.3 is 10.3 Å². The molecule has 0 radical (unpaired) electrons. The summed E-state index contributed by atoms with van der Waals surface area (Å²) >= 11 is 0. The van der Waals surface area contributed by atoms with E-state index in [1.165, 1.54) is 36.5 Å². The van der Waals surface area contributed by atoms with Gasteiger partial charge in [-0.1, -0.05) is 0 Å². The van der Waals surface area contributed by atoms with E-state index in [9.17, 15) is 8.42 Å². The van der Waals surface area contributed by atoms with Crippen molar-refractivity contribution in [3.05, 3.63) is 24.9 Å². The Labute approximate surface area is 97.6 Å². The topological polar surface area (TPSA) is 116 Å². The predicted molar refractivity (Wildman–Crippen MR) is 60.5 cm³/mol. The summed E-state index contributed by atoms with van der Waals surface area (Å²) in [4.78, 5) is 11.3. The van der Waals surface area contributed by atoms with E-state index in [0.717, 1.165) is 0 Å². The third-order valence-electron chi connectivity index (χ3n) is 1.97. The largest absolute Gasteiger partial charge is 0.381 e. The van der Waals surface area contributed by atoms with Crippen LogP contribution in [-0.2, 0) is 17.1 Å². The number of imidazole rings is 1. The molecule has 8 nitrogen and oxygen atoms in total. The van der Waals surface area contributed by atoms with Gasteiger partial charge in [-0.05, 0) is 0 Å².